The summed E-state index contributed by atoms with van der Waals surface area (Å²) in [5, 5.41) is 2.16. The van der Waals surface area contributed by atoms with E-state index in [0.29, 0.717) is 11.4 Å². The van der Waals surface area contributed by atoms with E-state index in [1.807, 2.05) is 12.3 Å². The van der Waals surface area contributed by atoms with Crippen LogP contribution in [0.15, 0.2) is 36.5 Å². The Morgan fingerprint density at radius 2 is 1.86 bits per heavy atom. The summed E-state index contributed by atoms with van der Waals surface area (Å²) in [6.07, 6.45) is 2.04. The fourth-order valence-electron chi connectivity index (χ4n) is 2.90. The van der Waals surface area contributed by atoms with Crippen molar-refractivity contribution in [2.24, 2.45) is 0 Å². The molecule has 1 aliphatic heterocycles. The molecule has 2 heterocycles. The van der Waals surface area contributed by atoms with Gasteiger partial charge in [-0.15, -0.1) is 18.6 Å². The van der Waals surface area contributed by atoms with E-state index in [1.54, 1.807) is 6.07 Å². The molecule has 21 heavy (non-hydrogen) atoms. The molecule has 1 unspecified atom stereocenters. The van der Waals surface area contributed by atoms with Gasteiger partial charge >= 0.3 is 0 Å². The van der Waals surface area contributed by atoms with Crippen LogP contribution in [0.25, 0.3) is 26.3 Å². The average molecular weight is 289 g/mol. The van der Waals surface area contributed by atoms with Gasteiger partial charge in [0.15, 0.2) is 17.9 Å². The molecule has 0 aliphatic carbocycles. The van der Waals surface area contributed by atoms with E-state index < -0.39 is 0 Å². The molecular formula is C16H10N4P+. The Morgan fingerprint density at radius 3 is 2.62 bits per heavy atom. The first kappa shape index (κ1) is 12.1. The highest BCUT2D eigenvalue weighted by Crippen LogP contribution is 2.34. The van der Waals surface area contributed by atoms with Crippen LogP contribution in [0, 0.1) is 13.1 Å². The number of rotatable bonds is 0. The molecule has 0 saturated heterocycles. The first-order valence-electron chi connectivity index (χ1n) is 6.44. The molecule has 98 valence electrons. The van der Waals surface area contributed by atoms with Crippen molar-refractivity contribution in [1.29, 1.82) is 0 Å². The predicted molar refractivity (Wildman–Crippen MR) is 84.4 cm³/mol. The zero-order valence-corrected chi connectivity index (χ0v) is 12.2. The molecular weight excluding hydrogens is 279 g/mol. The first-order chi connectivity index (χ1) is 10.2. The third-order valence-corrected chi connectivity index (χ3v) is 4.16. The number of hydrogen-bond donors (Lipinski definition) is 0. The molecule has 0 spiro atoms. The minimum Gasteiger partial charge on any atom is -0.250 e. The standard InChI is InChI=1S/C16H10N4P/c1-17-13-6-11-9-19-8-10-5-12(21)3-4-15(10)20(19)16(11)7-14(13)18-2/h3-7,9H,8,21H2/q+1. The molecule has 1 aromatic heterocycles. The lowest BCUT2D eigenvalue weighted by atomic mass is 10.1. The number of nitrogens with zero attached hydrogens (tertiary/aromatic N) is 4. The largest absolute Gasteiger partial charge is 0.250 e. The molecule has 4 nitrogen and oxygen atoms in total. The van der Waals surface area contributed by atoms with Gasteiger partial charge in [0.1, 0.15) is 11.2 Å². The van der Waals surface area contributed by atoms with E-state index in [9.17, 15) is 0 Å². The Bertz CT molecular complexity index is 1000. The average Bonchev–Trinajstić information content (AvgIpc) is 2.99. The van der Waals surface area contributed by atoms with Gasteiger partial charge in [-0.25, -0.2) is 0 Å². The molecule has 4 rings (SSSR count). The summed E-state index contributed by atoms with van der Waals surface area (Å²) in [5.74, 6) is 0. The number of aromatic nitrogens is 2. The van der Waals surface area contributed by atoms with Crippen molar-refractivity contribution >= 4 is 36.8 Å². The predicted octanol–water partition coefficient (Wildman–Crippen LogP) is 2.88. The fraction of sp³-hybridized carbons (Fsp3) is 0.0625. The third-order valence-electron chi connectivity index (χ3n) is 3.80. The fourth-order valence-corrected chi connectivity index (χ4v) is 3.20. The highest BCUT2D eigenvalue weighted by Gasteiger charge is 2.28. The zero-order chi connectivity index (χ0) is 14.6. The lowest BCUT2D eigenvalue weighted by Crippen LogP contribution is -2.36. The van der Waals surface area contributed by atoms with E-state index in [-0.39, 0.29) is 0 Å². The van der Waals surface area contributed by atoms with Crippen LogP contribution in [0.3, 0.4) is 0 Å². The van der Waals surface area contributed by atoms with Crippen molar-refractivity contribution in [2.75, 3.05) is 0 Å². The van der Waals surface area contributed by atoms with Gasteiger partial charge in [0.2, 0.25) is 6.20 Å². The molecule has 0 fully saturated rings. The Balaban J connectivity index is 2.07. The summed E-state index contributed by atoms with van der Waals surface area (Å²) in [6, 6.07) is 9.94. The molecule has 1 atom stereocenters. The maximum absolute atomic E-state index is 7.25. The second-order valence-electron chi connectivity index (χ2n) is 5.05. The lowest BCUT2D eigenvalue weighted by Gasteiger charge is -2.00. The van der Waals surface area contributed by atoms with Crippen LogP contribution in [-0.4, -0.2) is 4.68 Å². The van der Waals surface area contributed by atoms with Gasteiger partial charge in [-0.05, 0) is 23.5 Å². The van der Waals surface area contributed by atoms with E-state index in [0.717, 1.165) is 23.1 Å². The maximum atomic E-state index is 7.25. The van der Waals surface area contributed by atoms with Gasteiger partial charge in [0.05, 0.1) is 18.5 Å². The Labute approximate surface area is 124 Å². The molecule has 1 aliphatic rings. The third kappa shape index (κ3) is 1.61. The van der Waals surface area contributed by atoms with Gasteiger partial charge < -0.3 is 0 Å². The van der Waals surface area contributed by atoms with E-state index in [4.69, 9.17) is 13.1 Å². The van der Waals surface area contributed by atoms with Crippen LogP contribution in [-0.2, 0) is 6.54 Å². The Morgan fingerprint density at radius 1 is 1.10 bits per heavy atom. The highest BCUT2D eigenvalue weighted by atomic mass is 31.0. The number of benzene rings is 2. The molecule has 5 heteroatoms. The van der Waals surface area contributed by atoms with E-state index in [1.165, 1.54) is 10.9 Å². The van der Waals surface area contributed by atoms with Crippen LogP contribution in [0.2, 0.25) is 0 Å². The number of fused-ring (bicyclic) bond motifs is 5. The minimum atomic E-state index is 0.412. The van der Waals surface area contributed by atoms with Crippen molar-refractivity contribution in [1.82, 2.24) is 4.68 Å². The Hall–Kier alpha value is -2.68. The summed E-state index contributed by atoms with van der Waals surface area (Å²) in [4.78, 5) is 6.92. The molecule has 0 amide bonds. The topological polar surface area (TPSA) is 17.5 Å². The second-order valence-corrected chi connectivity index (χ2v) is 5.72. The monoisotopic (exact) mass is 289 g/mol. The summed E-state index contributed by atoms with van der Waals surface area (Å²) in [7, 11) is 2.72. The van der Waals surface area contributed by atoms with Crippen molar-refractivity contribution in [3.8, 4) is 5.69 Å². The van der Waals surface area contributed by atoms with Gasteiger partial charge in [-0.2, -0.15) is 0 Å². The van der Waals surface area contributed by atoms with E-state index >= 15 is 0 Å². The molecule has 0 N–H and O–H groups in total. The van der Waals surface area contributed by atoms with Crippen LogP contribution < -0.4 is 9.99 Å². The summed E-state index contributed by atoms with van der Waals surface area (Å²) >= 11 is 0. The lowest BCUT2D eigenvalue weighted by molar-refractivity contribution is -0.749. The van der Waals surface area contributed by atoms with Crippen molar-refractivity contribution in [3.63, 3.8) is 0 Å². The smallest absolute Gasteiger partial charge is 0.202 e. The van der Waals surface area contributed by atoms with Crippen LogP contribution in [0.5, 0.6) is 0 Å². The zero-order valence-electron chi connectivity index (χ0n) is 11.0. The van der Waals surface area contributed by atoms with Crippen LogP contribution >= 0.6 is 9.24 Å². The SMILES string of the molecule is [C-]#[N+]c1cc2c[n+]3n(c2cc1[N+]#[C-])-c1ccc(P)cc1C3. The quantitative estimate of drug-likeness (QED) is 0.269. The van der Waals surface area contributed by atoms with E-state index in [2.05, 4.69) is 46.5 Å². The minimum absolute atomic E-state index is 0.412. The Kier molecular flexibility index (Phi) is 2.39. The molecule has 3 aromatic rings. The summed E-state index contributed by atoms with van der Waals surface area (Å²) < 4.78 is 4.25. The summed E-state index contributed by atoms with van der Waals surface area (Å²) in [5.41, 5.74) is 4.22. The van der Waals surface area contributed by atoms with Crippen molar-refractivity contribution in [3.05, 3.63) is 64.9 Å². The molecule has 2 aromatic carbocycles. The van der Waals surface area contributed by atoms with Gasteiger partial charge in [0.25, 0.3) is 0 Å². The van der Waals surface area contributed by atoms with Crippen LogP contribution in [0.4, 0.5) is 11.4 Å². The van der Waals surface area contributed by atoms with Gasteiger partial charge in [-0.1, -0.05) is 12.1 Å². The maximum Gasteiger partial charge on any atom is 0.202 e. The normalized spacial score (nSPS) is 11.8. The highest BCUT2D eigenvalue weighted by molar-refractivity contribution is 7.27. The summed E-state index contributed by atoms with van der Waals surface area (Å²) in [6.45, 7) is 15.3. The molecule has 0 saturated carbocycles. The van der Waals surface area contributed by atoms with Crippen molar-refractivity contribution < 1.29 is 4.68 Å². The second kappa shape index (κ2) is 4.16. The van der Waals surface area contributed by atoms with Crippen molar-refractivity contribution in [2.45, 2.75) is 6.54 Å². The molecule has 0 radical (unpaired) electrons. The molecule has 0 bridgehead atoms. The van der Waals surface area contributed by atoms with Crippen LogP contribution in [0.1, 0.15) is 5.56 Å². The number of hydrogen-bond acceptors (Lipinski definition) is 0. The van der Waals surface area contributed by atoms with Gasteiger partial charge in [-0.3, -0.25) is 9.69 Å². The first-order valence-corrected chi connectivity index (χ1v) is 7.02. The van der Waals surface area contributed by atoms with Gasteiger partial charge in [0, 0.05) is 5.56 Å².